The van der Waals surface area contributed by atoms with Crippen molar-refractivity contribution < 1.29 is 0 Å². The van der Waals surface area contributed by atoms with E-state index in [4.69, 9.17) is 0 Å². The standard InChI is InChI=1S/C46H30/c1-3-15-31(16-4-1)35-20-9-11-23-38(35)45-40-25-13-14-26-41(40)46(39-24-12-10-21-36(39)32-17-5-2-6-18-32)44-30-42-34(29-43(44)45)28-27-33-19-7-8-22-37(33)42/h1-30H. The lowest BCUT2D eigenvalue weighted by Crippen LogP contribution is -1.94. The van der Waals surface area contributed by atoms with Gasteiger partial charge in [0.1, 0.15) is 0 Å². The van der Waals surface area contributed by atoms with Gasteiger partial charge in [0.25, 0.3) is 0 Å². The molecule has 9 aromatic carbocycles. The molecule has 0 heterocycles. The Labute approximate surface area is 268 Å². The molecule has 0 spiro atoms. The fraction of sp³-hybridized carbons (Fsp3) is 0. The van der Waals surface area contributed by atoms with Gasteiger partial charge in [-0.25, -0.2) is 0 Å². The minimum absolute atomic E-state index is 1.22. The zero-order valence-electron chi connectivity index (χ0n) is 25.3. The fourth-order valence-corrected chi connectivity index (χ4v) is 7.40. The Balaban J connectivity index is 1.50. The van der Waals surface area contributed by atoms with Crippen LogP contribution >= 0.6 is 0 Å². The van der Waals surface area contributed by atoms with Crippen LogP contribution in [0.1, 0.15) is 0 Å². The molecule has 0 fully saturated rings. The molecule has 0 N–H and O–H groups in total. The number of hydrogen-bond acceptors (Lipinski definition) is 0. The van der Waals surface area contributed by atoms with Crippen molar-refractivity contribution in [1.29, 1.82) is 0 Å². The molecule has 0 unspecified atom stereocenters. The highest BCUT2D eigenvalue weighted by Gasteiger charge is 2.21. The highest BCUT2D eigenvalue weighted by molar-refractivity contribution is 6.26. The van der Waals surface area contributed by atoms with E-state index >= 15 is 0 Å². The highest BCUT2D eigenvalue weighted by atomic mass is 14.2. The van der Waals surface area contributed by atoms with E-state index in [1.807, 2.05) is 0 Å². The molecule has 9 aromatic rings. The Morgan fingerprint density at radius 1 is 0.217 bits per heavy atom. The van der Waals surface area contributed by atoms with Crippen molar-refractivity contribution in [3.05, 3.63) is 182 Å². The molecule has 0 atom stereocenters. The van der Waals surface area contributed by atoms with Crippen molar-refractivity contribution in [3.8, 4) is 44.5 Å². The summed E-state index contributed by atoms with van der Waals surface area (Å²) >= 11 is 0. The van der Waals surface area contributed by atoms with Crippen LogP contribution in [0.4, 0.5) is 0 Å². The average molecular weight is 583 g/mol. The van der Waals surface area contributed by atoms with Crippen molar-refractivity contribution in [2.75, 3.05) is 0 Å². The van der Waals surface area contributed by atoms with Crippen molar-refractivity contribution in [2.24, 2.45) is 0 Å². The van der Waals surface area contributed by atoms with E-state index in [9.17, 15) is 0 Å². The highest BCUT2D eigenvalue weighted by Crippen LogP contribution is 2.49. The summed E-state index contributed by atoms with van der Waals surface area (Å²) in [7, 11) is 0. The van der Waals surface area contributed by atoms with Crippen LogP contribution < -0.4 is 0 Å². The van der Waals surface area contributed by atoms with E-state index in [1.54, 1.807) is 0 Å². The number of fused-ring (bicyclic) bond motifs is 5. The smallest absolute Gasteiger partial charge is 0.00199 e. The van der Waals surface area contributed by atoms with Crippen molar-refractivity contribution >= 4 is 43.1 Å². The normalized spacial score (nSPS) is 11.5. The molecule has 0 saturated heterocycles. The summed E-state index contributed by atoms with van der Waals surface area (Å²) in [5, 5.41) is 10.1. The molecule has 9 rings (SSSR count). The van der Waals surface area contributed by atoms with Gasteiger partial charge in [-0.05, 0) is 99.7 Å². The Kier molecular flexibility index (Phi) is 6.25. The van der Waals surface area contributed by atoms with E-state index in [0.717, 1.165) is 0 Å². The van der Waals surface area contributed by atoms with E-state index in [0.29, 0.717) is 0 Å². The van der Waals surface area contributed by atoms with Crippen molar-refractivity contribution in [1.82, 2.24) is 0 Å². The molecule has 0 aliphatic rings. The zero-order chi connectivity index (χ0) is 30.5. The molecule has 0 radical (unpaired) electrons. The molecule has 46 heavy (non-hydrogen) atoms. The predicted molar refractivity (Wildman–Crippen MR) is 198 cm³/mol. The predicted octanol–water partition coefficient (Wildman–Crippen LogP) is 13.0. The SMILES string of the molecule is c1ccc(-c2ccccc2-c2c3ccccc3c(-c3ccccc3-c3ccccc3)c3cc4c(ccc5ccccc54)cc23)cc1. The Bertz CT molecular complexity index is 2560. The fourth-order valence-electron chi connectivity index (χ4n) is 7.40. The minimum atomic E-state index is 1.22. The summed E-state index contributed by atoms with van der Waals surface area (Å²) in [4.78, 5) is 0. The molecule has 0 nitrogen and oxygen atoms in total. The average Bonchev–Trinajstić information content (AvgIpc) is 3.14. The Hall–Kier alpha value is -5.98. The second-order valence-corrected chi connectivity index (χ2v) is 12.0. The molecular weight excluding hydrogens is 553 g/mol. The van der Waals surface area contributed by atoms with E-state index in [2.05, 4.69) is 182 Å². The second kappa shape index (κ2) is 10.9. The first-order valence-corrected chi connectivity index (χ1v) is 15.9. The van der Waals surface area contributed by atoms with Crippen LogP contribution in [0.3, 0.4) is 0 Å². The minimum Gasteiger partial charge on any atom is -0.0622 e. The molecule has 214 valence electrons. The van der Waals surface area contributed by atoms with Gasteiger partial charge in [0.15, 0.2) is 0 Å². The molecule has 0 heteroatoms. The van der Waals surface area contributed by atoms with Crippen LogP contribution in [0.5, 0.6) is 0 Å². The van der Waals surface area contributed by atoms with Gasteiger partial charge in [0.05, 0.1) is 0 Å². The van der Waals surface area contributed by atoms with Gasteiger partial charge in [-0.1, -0.05) is 170 Å². The topological polar surface area (TPSA) is 0 Å². The van der Waals surface area contributed by atoms with Gasteiger partial charge >= 0.3 is 0 Å². The lowest BCUT2D eigenvalue weighted by Gasteiger charge is -2.22. The first-order valence-electron chi connectivity index (χ1n) is 15.9. The maximum atomic E-state index is 2.46. The van der Waals surface area contributed by atoms with Gasteiger partial charge < -0.3 is 0 Å². The first kappa shape index (κ1) is 26.4. The summed E-state index contributed by atoms with van der Waals surface area (Å²) in [5.74, 6) is 0. The zero-order valence-corrected chi connectivity index (χ0v) is 25.3. The summed E-state index contributed by atoms with van der Waals surface area (Å²) in [6.45, 7) is 0. The summed E-state index contributed by atoms with van der Waals surface area (Å²) in [6, 6.07) is 66.6. The molecule has 0 saturated carbocycles. The number of hydrogen-bond donors (Lipinski definition) is 0. The molecule has 0 aliphatic carbocycles. The van der Waals surface area contributed by atoms with Crippen LogP contribution in [0.15, 0.2) is 182 Å². The number of rotatable bonds is 4. The lowest BCUT2D eigenvalue weighted by atomic mass is 9.81. The molecule has 0 amide bonds. The van der Waals surface area contributed by atoms with Crippen molar-refractivity contribution in [3.63, 3.8) is 0 Å². The lowest BCUT2D eigenvalue weighted by molar-refractivity contribution is 1.60. The number of benzene rings is 9. The van der Waals surface area contributed by atoms with Crippen molar-refractivity contribution in [2.45, 2.75) is 0 Å². The summed E-state index contributed by atoms with van der Waals surface area (Å²) in [5.41, 5.74) is 9.98. The molecular formula is C46H30. The Morgan fingerprint density at radius 3 is 1.20 bits per heavy atom. The largest absolute Gasteiger partial charge is 0.0622 e. The van der Waals surface area contributed by atoms with Gasteiger partial charge in [-0.3, -0.25) is 0 Å². The third-order valence-electron chi connectivity index (χ3n) is 9.45. The monoisotopic (exact) mass is 582 g/mol. The van der Waals surface area contributed by atoms with Crippen LogP contribution in [-0.2, 0) is 0 Å². The third kappa shape index (κ3) is 4.23. The van der Waals surface area contributed by atoms with E-state index in [-0.39, 0.29) is 0 Å². The molecule has 0 bridgehead atoms. The van der Waals surface area contributed by atoms with Gasteiger partial charge in [-0.2, -0.15) is 0 Å². The third-order valence-corrected chi connectivity index (χ3v) is 9.45. The van der Waals surface area contributed by atoms with Crippen LogP contribution in [-0.4, -0.2) is 0 Å². The summed E-state index contributed by atoms with van der Waals surface area (Å²) in [6.07, 6.45) is 0. The first-order chi connectivity index (χ1) is 22.8. The van der Waals surface area contributed by atoms with Gasteiger partial charge in [0, 0.05) is 0 Å². The van der Waals surface area contributed by atoms with E-state index in [1.165, 1.54) is 87.6 Å². The van der Waals surface area contributed by atoms with Crippen LogP contribution in [0.2, 0.25) is 0 Å². The van der Waals surface area contributed by atoms with Gasteiger partial charge in [0.2, 0.25) is 0 Å². The van der Waals surface area contributed by atoms with E-state index < -0.39 is 0 Å². The van der Waals surface area contributed by atoms with Crippen LogP contribution in [0, 0.1) is 0 Å². The molecule has 0 aromatic heterocycles. The Morgan fingerprint density at radius 2 is 0.630 bits per heavy atom. The molecule has 0 aliphatic heterocycles. The summed E-state index contributed by atoms with van der Waals surface area (Å²) < 4.78 is 0. The quantitative estimate of drug-likeness (QED) is 0.143. The maximum absolute atomic E-state index is 2.46. The van der Waals surface area contributed by atoms with Crippen LogP contribution in [0.25, 0.3) is 87.6 Å². The second-order valence-electron chi connectivity index (χ2n) is 12.0. The maximum Gasteiger partial charge on any atom is -0.00199 e. The van der Waals surface area contributed by atoms with Gasteiger partial charge in [-0.15, -0.1) is 0 Å².